The maximum absolute atomic E-state index is 13.5. The Hall–Kier alpha value is -3.51. The molecule has 3 aromatic heterocycles. The highest BCUT2D eigenvalue weighted by Gasteiger charge is 2.35. The molecule has 3 N–H and O–H groups in total. The van der Waals surface area contributed by atoms with Gasteiger partial charge < -0.3 is 25.4 Å². The topological polar surface area (TPSA) is 137 Å². The average Bonchev–Trinajstić information content (AvgIpc) is 3.32. The molecule has 0 spiro atoms. The number of piperidine rings is 1. The number of fused-ring (bicyclic) bond motifs is 1. The van der Waals surface area contributed by atoms with E-state index in [1.54, 1.807) is 35.3 Å². The summed E-state index contributed by atoms with van der Waals surface area (Å²) in [7, 11) is 0.334. The number of carbonyl (C=O) groups is 2. The van der Waals surface area contributed by atoms with Gasteiger partial charge >= 0.3 is 11.8 Å². The molecular formula is C26H37N7O4Si. The third-order valence-corrected chi connectivity index (χ3v) is 8.49. The first-order chi connectivity index (χ1) is 18.1. The lowest BCUT2D eigenvalue weighted by atomic mass is 9.90. The second-order valence-corrected chi connectivity index (χ2v) is 16.7. The second-order valence-electron chi connectivity index (χ2n) is 11.1. The normalized spacial score (nSPS) is 18.0. The number of nitrogens with zero attached hydrogens (tertiary/aromatic N) is 5. The molecule has 0 radical (unpaired) electrons. The van der Waals surface area contributed by atoms with E-state index in [0.717, 1.165) is 24.4 Å². The number of methoxy groups -OCH3 is 1. The molecule has 0 aliphatic carbocycles. The quantitative estimate of drug-likeness (QED) is 0.251. The van der Waals surface area contributed by atoms with Gasteiger partial charge in [0.05, 0.1) is 48.3 Å². The predicted octanol–water partition coefficient (Wildman–Crippen LogP) is 3.67. The Bertz CT molecular complexity index is 1310. The lowest BCUT2D eigenvalue weighted by Gasteiger charge is -2.38. The van der Waals surface area contributed by atoms with E-state index in [9.17, 15) is 9.59 Å². The molecule has 204 valence electrons. The summed E-state index contributed by atoms with van der Waals surface area (Å²) in [5.74, 6) is -0.213. The molecule has 1 aliphatic rings. The Morgan fingerprint density at radius 1 is 1.18 bits per heavy atom. The molecule has 3 aromatic rings. The van der Waals surface area contributed by atoms with Crippen LogP contribution in [0.15, 0.2) is 30.9 Å². The molecule has 1 fully saturated rings. The van der Waals surface area contributed by atoms with E-state index in [4.69, 9.17) is 15.2 Å². The van der Waals surface area contributed by atoms with Gasteiger partial charge in [0.15, 0.2) is 0 Å². The molecule has 4 rings (SSSR count). The number of anilines is 2. The zero-order chi connectivity index (χ0) is 27.4. The lowest BCUT2D eigenvalue weighted by Crippen LogP contribution is -2.46. The van der Waals surface area contributed by atoms with Crippen LogP contribution in [-0.4, -0.2) is 64.8 Å². The molecule has 0 saturated carbocycles. The minimum atomic E-state index is -1.24. The Morgan fingerprint density at radius 3 is 2.71 bits per heavy atom. The van der Waals surface area contributed by atoms with Crippen LogP contribution < -0.4 is 15.8 Å². The number of nitrogens with two attached hydrogens (primary N) is 1. The SMILES string of the molecule is COc1cncc(C2CCC(C)CN2C(=O)C(=O)Nc2cnc(N)c3cnn(COCC[Si](C)(C)C)c23)c1. The number of likely N-dealkylation sites (tertiary alicyclic amines) is 1. The monoisotopic (exact) mass is 539 g/mol. The number of aromatic nitrogens is 4. The van der Waals surface area contributed by atoms with E-state index in [2.05, 4.69) is 46.9 Å². The minimum Gasteiger partial charge on any atom is -0.495 e. The summed E-state index contributed by atoms with van der Waals surface area (Å²) in [5, 5.41) is 7.73. The van der Waals surface area contributed by atoms with Crippen molar-refractivity contribution in [3.05, 3.63) is 36.4 Å². The summed E-state index contributed by atoms with van der Waals surface area (Å²) in [6.45, 7) is 10.2. The van der Waals surface area contributed by atoms with E-state index < -0.39 is 19.9 Å². The van der Waals surface area contributed by atoms with Gasteiger partial charge in [0.2, 0.25) is 0 Å². The Balaban J connectivity index is 1.55. The molecule has 11 nitrogen and oxygen atoms in total. The van der Waals surface area contributed by atoms with Gasteiger partial charge in [-0.2, -0.15) is 5.10 Å². The summed E-state index contributed by atoms with van der Waals surface area (Å²) >= 11 is 0. The third kappa shape index (κ3) is 6.30. The van der Waals surface area contributed by atoms with Crippen molar-refractivity contribution in [1.82, 2.24) is 24.6 Å². The van der Waals surface area contributed by atoms with Gasteiger partial charge in [0.1, 0.15) is 18.3 Å². The molecule has 2 unspecified atom stereocenters. The fourth-order valence-corrected chi connectivity index (χ4v) is 5.36. The van der Waals surface area contributed by atoms with E-state index in [1.165, 1.54) is 6.20 Å². The van der Waals surface area contributed by atoms with Gasteiger partial charge in [-0.05, 0) is 36.4 Å². The number of ether oxygens (including phenoxy) is 2. The first-order valence-corrected chi connectivity index (χ1v) is 16.6. The van der Waals surface area contributed by atoms with E-state index in [1.807, 2.05) is 6.07 Å². The molecule has 4 heterocycles. The fraction of sp³-hybridized carbons (Fsp3) is 0.500. The van der Waals surface area contributed by atoms with Crippen molar-refractivity contribution in [2.75, 3.05) is 31.3 Å². The first-order valence-electron chi connectivity index (χ1n) is 12.9. The zero-order valence-corrected chi connectivity index (χ0v) is 23.7. The Kier molecular flexibility index (Phi) is 8.31. The third-order valence-electron chi connectivity index (χ3n) is 6.79. The van der Waals surface area contributed by atoms with Gasteiger partial charge in [-0.3, -0.25) is 14.6 Å². The van der Waals surface area contributed by atoms with E-state index >= 15 is 0 Å². The van der Waals surface area contributed by atoms with Crippen molar-refractivity contribution >= 4 is 42.3 Å². The highest BCUT2D eigenvalue weighted by Crippen LogP contribution is 2.34. The van der Waals surface area contributed by atoms with Crippen LogP contribution in [0.3, 0.4) is 0 Å². The zero-order valence-electron chi connectivity index (χ0n) is 22.7. The number of nitrogen functional groups attached to an aromatic ring is 1. The van der Waals surface area contributed by atoms with E-state index in [-0.39, 0.29) is 24.5 Å². The molecule has 38 heavy (non-hydrogen) atoms. The summed E-state index contributed by atoms with van der Waals surface area (Å²) in [6.07, 6.45) is 8.04. The van der Waals surface area contributed by atoms with Crippen molar-refractivity contribution < 1.29 is 19.1 Å². The van der Waals surface area contributed by atoms with Crippen LogP contribution >= 0.6 is 0 Å². The number of nitrogens with one attached hydrogen (secondary N) is 1. The molecule has 0 bridgehead atoms. The molecular weight excluding hydrogens is 502 g/mol. The molecule has 12 heteroatoms. The maximum Gasteiger partial charge on any atom is 0.314 e. The summed E-state index contributed by atoms with van der Waals surface area (Å²) in [4.78, 5) is 36.8. The van der Waals surface area contributed by atoms with E-state index in [0.29, 0.717) is 35.5 Å². The second kappa shape index (κ2) is 11.5. The van der Waals surface area contributed by atoms with Crippen molar-refractivity contribution in [3.63, 3.8) is 0 Å². The molecule has 1 aliphatic heterocycles. The number of amides is 2. The largest absolute Gasteiger partial charge is 0.495 e. The first kappa shape index (κ1) is 27.5. The van der Waals surface area contributed by atoms with Crippen LogP contribution in [0.5, 0.6) is 5.75 Å². The average molecular weight is 540 g/mol. The van der Waals surface area contributed by atoms with Crippen LogP contribution in [0.2, 0.25) is 25.7 Å². The van der Waals surface area contributed by atoms with Gasteiger partial charge in [-0.15, -0.1) is 0 Å². The van der Waals surface area contributed by atoms with Gasteiger partial charge in [-0.1, -0.05) is 26.6 Å². The predicted molar refractivity (Wildman–Crippen MR) is 148 cm³/mol. The van der Waals surface area contributed by atoms with Crippen LogP contribution in [-0.2, 0) is 21.1 Å². The van der Waals surface area contributed by atoms with Crippen LogP contribution in [0.4, 0.5) is 11.5 Å². The van der Waals surface area contributed by atoms with Crippen LogP contribution in [0.25, 0.3) is 10.9 Å². The van der Waals surface area contributed by atoms with Crippen LogP contribution in [0.1, 0.15) is 31.4 Å². The highest BCUT2D eigenvalue weighted by atomic mass is 28.3. The standard InChI is InChI=1S/C26H37N7O4Si/c1-17-6-7-22(18-10-19(36-2)12-28-11-18)32(15-17)26(35)25(34)31-21-14-29-24(27)20-13-30-33(23(20)21)16-37-8-9-38(3,4)5/h10-14,17,22H,6-9,15-16H2,1-5H3,(H2,27,29)(H,31,34). The number of carbonyl (C=O) groups excluding carboxylic acids is 2. The molecule has 2 amide bonds. The summed E-state index contributed by atoms with van der Waals surface area (Å²) in [6, 6.07) is 2.61. The fourth-order valence-electron chi connectivity index (χ4n) is 4.60. The number of hydrogen-bond acceptors (Lipinski definition) is 8. The van der Waals surface area contributed by atoms with Gasteiger partial charge in [0, 0.05) is 27.4 Å². The Labute approximate surface area is 223 Å². The lowest BCUT2D eigenvalue weighted by molar-refractivity contribution is -0.146. The van der Waals surface area contributed by atoms with Crippen molar-refractivity contribution in [2.24, 2.45) is 5.92 Å². The minimum absolute atomic E-state index is 0.197. The molecule has 2 atom stereocenters. The highest BCUT2D eigenvalue weighted by molar-refractivity contribution is 6.76. The van der Waals surface area contributed by atoms with Crippen molar-refractivity contribution in [2.45, 2.75) is 58.2 Å². The maximum atomic E-state index is 13.5. The van der Waals surface area contributed by atoms with Gasteiger partial charge in [-0.25, -0.2) is 9.67 Å². The van der Waals surface area contributed by atoms with Crippen molar-refractivity contribution in [1.29, 1.82) is 0 Å². The summed E-state index contributed by atoms with van der Waals surface area (Å²) < 4.78 is 12.8. The Morgan fingerprint density at radius 2 is 1.97 bits per heavy atom. The smallest absolute Gasteiger partial charge is 0.314 e. The number of rotatable bonds is 8. The van der Waals surface area contributed by atoms with Crippen molar-refractivity contribution in [3.8, 4) is 5.75 Å². The summed E-state index contributed by atoms with van der Waals surface area (Å²) in [5.41, 5.74) is 7.82. The molecule has 1 saturated heterocycles. The van der Waals surface area contributed by atoms with Crippen LogP contribution in [0, 0.1) is 5.92 Å². The number of hydrogen-bond donors (Lipinski definition) is 2. The number of pyridine rings is 2. The molecule has 0 aromatic carbocycles. The van der Waals surface area contributed by atoms with Gasteiger partial charge in [0.25, 0.3) is 0 Å².